The SMILES string of the molecule is COc1c(Br)cc(C2(C)CCCN2)c(O)c1F. The van der Waals surface area contributed by atoms with Crippen LogP contribution in [0.2, 0.25) is 0 Å². The first kappa shape index (κ1) is 12.6. The average molecular weight is 304 g/mol. The van der Waals surface area contributed by atoms with Gasteiger partial charge in [0.2, 0.25) is 5.82 Å². The highest BCUT2D eigenvalue weighted by Crippen LogP contribution is 2.43. The van der Waals surface area contributed by atoms with Crippen LogP contribution in [0.4, 0.5) is 4.39 Å². The summed E-state index contributed by atoms with van der Waals surface area (Å²) in [6, 6.07) is 1.72. The molecule has 0 spiro atoms. The Kier molecular flexibility index (Phi) is 3.32. The van der Waals surface area contributed by atoms with Gasteiger partial charge in [-0.05, 0) is 48.3 Å². The van der Waals surface area contributed by atoms with Gasteiger partial charge in [0.25, 0.3) is 0 Å². The van der Waals surface area contributed by atoms with Crippen molar-refractivity contribution in [3.8, 4) is 11.5 Å². The van der Waals surface area contributed by atoms with Gasteiger partial charge in [-0.2, -0.15) is 4.39 Å². The molecule has 2 N–H and O–H groups in total. The number of ether oxygens (including phenoxy) is 1. The van der Waals surface area contributed by atoms with Crippen LogP contribution in [-0.4, -0.2) is 18.8 Å². The van der Waals surface area contributed by atoms with Crippen LogP contribution >= 0.6 is 15.9 Å². The zero-order valence-electron chi connectivity index (χ0n) is 9.81. The molecule has 0 bridgehead atoms. The number of methoxy groups -OCH3 is 1. The van der Waals surface area contributed by atoms with Crippen molar-refractivity contribution in [2.75, 3.05) is 13.7 Å². The minimum atomic E-state index is -0.716. The van der Waals surface area contributed by atoms with E-state index in [4.69, 9.17) is 4.74 Å². The van der Waals surface area contributed by atoms with Gasteiger partial charge in [0.15, 0.2) is 11.5 Å². The minimum absolute atomic E-state index is 0.0350. The lowest BCUT2D eigenvalue weighted by Crippen LogP contribution is -2.33. The van der Waals surface area contributed by atoms with Crippen LogP contribution < -0.4 is 10.1 Å². The first-order valence-corrected chi connectivity index (χ1v) is 6.29. The van der Waals surface area contributed by atoms with E-state index in [1.54, 1.807) is 6.07 Å². The molecule has 0 radical (unpaired) electrons. The van der Waals surface area contributed by atoms with Crippen molar-refractivity contribution < 1.29 is 14.2 Å². The molecule has 0 amide bonds. The second-order valence-electron chi connectivity index (χ2n) is 4.46. The summed E-state index contributed by atoms with van der Waals surface area (Å²) < 4.78 is 19.3. The van der Waals surface area contributed by atoms with E-state index in [9.17, 15) is 9.50 Å². The first-order valence-electron chi connectivity index (χ1n) is 5.50. The predicted molar refractivity (Wildman–Crippen MR) is 66.9 cm³/mol. The van der Waals surface area contributed by atoms with E-state index in [2.05, 4.69) is 21.2 Å². The number of hydrogen-bond acceptors (Lipinski definition) is 3. The van der Waals surface area contributed by atoms with Crippen molar-refractivity contribution in [1.82, 2.24) is 5.32 Å². The zero-order chi connectivity index (χ0) is 12.6. The summed E-state index contributed by atoms with van der Waals surface area (Å²) in [6.45, 7) is 2.84. The molecule has 1 heterocycles. The maximum Gasteiger partial charge on any atom is 0.208 e. The molecule has 3 nitrogen and oxygen atoms in total. The number of benzene rings is 1. The Morgan fingerprint density at radius 1 is 1.59 bits per heavy atom. The Labute approximate surface area is 108 Å². The number of rotatable bonds is 2. The van der Waals surface area contributed by atoms with Gasteiger partial charge < -0.3 is 15.2 Å². The van der Waals surface area contributed by atoms with Crippen LogP contribution in [0.1, 0.15) is 25.3 Å². The van der Waals surface area contributed by atoms with Crippen LogP contribution in [0, 0.1) is 5.82 Å². The molecule has 0 aromatic heterocycles. The molecule has 17 heavy (non-hydrogen) atoms. The standard InChI is InChI=1S/C12H15BrFNO2/c1-12(4-3-5-15-12)7-6-8(13)11(17-2)9(14)10(7)16/h6,15-16H,3-5H2,1-2H3. The Bertz CT molecular complexity index is 445. The molecule has 1 saturated heterocycles. The maximum absolute atomic E-state index is 13.9. The summed E-state index contributed by atoms with van der Waals surface area (Å²) in [5.74, 6) is -1.01. The number of aromatic hydroxyl groups is 1. The van der Waals surface area contributed by atoms with Gasteiger partial charge >= 0.3 is 0 Å². The van der Waals surface area contributed by atoms with Crippen LogP contribution in [0.3, 0.4) is 0 Å². The minimum Gasteiger partial charge on any atom is -0.504 e. The lowest BCUT2D eigenvalue weighted by Gasteiger charge is -2.26. The summed E-state index contributed by atoms with van der Waals surface area (Å²) in [5.41, 5.74) is 0.194. The van der Waals surface area contributed by atoms with E-state index < -0.39 is 5.82 Å². The third kappa shape index (κ3) is 2.02. The van der Waals surface area contributed by atoms with E-state index in [0.717, 1.165) is 19.4 Å². The van der Waals surface area contributed by atoms with Gasteiger partial charge in [-0.3, -0.25) is 0 Å². The Hall–Kier alpha value is -0.810. The fourth-order valence-corrected chi connectivity index (χ4v) is 2.89. The van der Waals surface area contributed by atoms with Gasteiger partial charge in [0, 0.05) is 11.1 Å². The molecule has 94 valence electrons. The van der Waals surface area contributed by atoms with Crippen molar-refractivity contribution in [2.24, 2.45) is 0 Å². The van der Waals surface area contributed by atoms with E-state index in [1.807, 2.05) is 6.92 Å². The molecule has 5 heteroatoms. The lowest BCUT2D eigenvalue weighted by atomic mass is 9.89. The highest BCUT2D eigenvalue weighted by atomic mass is 79.9. The molecule has 1 atom stereocenters. The number of halogens is 2. The normalized spacial score (nSPS) is 24.0. The van der Waals surface area contributed by atoms with Crippen molar-refractivity contribution in [3.05, 3.63) is 21.9 Å². The molecule has 1 aliphatic rings. The smallest absolute Gasteiger partial charge is 0.208 e. The molecular weight excluding hydrogens is 289 g/mol. The van der Waals surface area contributed by atoms with Gasteiger partial charge in [-0.25, -0.2) is 0 Å². The van der Waals surface area contributed by atoms with Gasteiger partial charge in [0.05, 0.1) is 11.6 Å². The average Bonchev–Trinajstić information content (AvgIpc) is 2.72. The molecule has 0 aliphatic carbocycles. The van der Waals surface area contributed by atoms with Crippen LogP contribution in [-0.2, 0) is 5.54 Å². The molecular formula is C12H15BrFNO2. The Morgan fingerprint density at radius 2 is 2.29 bits per heavy atom. The molecule has 1 aromatic rings. The summed E-state index contributed by atoms with van der Waals surface area (Å²) in [5, 5.41) is 13.2. The molecule has 1 fully saturated rings. The molecule has 1 unspecified atom stereocenters. The number of phenolic OH excluding ortho intramolecular Hbond substituents is 1. The maximum atomic E-state index is 13.9. The summed E-state index contributed by atoms with van der Waals surface area (Å²) >= 11 is 3.26. The second-order valence-corrected chi connectivity index (χ2v) is 5.32. The Morgan fingerprint density at radius 3 is 2.82 bits per heavy atom. The second kappa shape index (κ2) is 4.46. The third-order valence-electron chi connectivity index (χ3n) is 3.32. The van der Waals surface area contributed by atoms with Crippen molar-refractivity contribution >= 4 is 15.9 Å². The van der Waals surface area contributed by atoms with Crippen LogP contribution in [0.15, 0.2) is 10.5 Å². The monoisotopic (exact) mass is 303 g/mol. The molecule has 1 aromatic carbocycles. The highest BCUT2D eigenvalue weighted by Gasteiger charge is 2.34. The van der Waals surface area contributed by atoms with Gasteiger partial charge in [-0.15, -0.1) is 0 Å². The summed E-state index contributed by atoms with van der Waals surface area (Å²) in [6.07, 6.45) is 1.89. The van der Waals surface area contributed by atoms with Crippen LogP contribution in [0.5, 0.6) is 11.5 Å². The van der Waals surface area contributed by atoms with Crippen molar-refractivity contribution in [2.45, 2.75) is 25.3 Å². The Balaban J connectivity index is 2.56. The van der Waals surface area contributed by atoms with E-state index in [-0.39, 0.29) is 17.0 Å². The third-order valence-corrected chi connectivity index (χ3v) is 3.91. The van der Waals surface area contributed by atoms with E-state index in [1.165, 1.54) is 7.11 Å². The highest BCUT2D eigenvalue weighted by molar-refractivity contribution is 9.10. The van der Waals surface area contributed by atoms with E-state index >= 15 is 0 Å². The van der Waals surface area contributed by atoms with Crippen molar-refractivity contribution in [3.63, 3.8) is 0 Å². The van der Waals surface area contributed by atoms with Crippen LogP contribution in [0.25, 0.3) is 0 Å². The summed E-state index contributed by atoms with van der Waals surface area (Å²) in [7, 11) is 1.37. The first-order chi connectivity index (χ1) is 7.99. The number of nitrogens with one attached hydrogen (secondary N) is 1. The molecule has 2 rings (SSSR count). The van der Waals surface area contributed by atoms with E-state index in [0.29, 0.717) is 10.0 Å². The molecule has 0 saturated carbocycles. The summed E-state index contributed by atoms with van der Waals surface area (Å²) in [4.78, 5) is 0. The predicted octanol–water partition coefficient (Wildman–Crippen LogP) is 2.90. The van der Waals surface area contributed by atoms with Crippen molar-refractivity contribution in [1.29, 1.82) is 0 Å². The quantitative estimate of drug-likeness (QED) is 0.883. The lowest BCUT2D eigenvalue weighted by molar-refractivity contribution is 0.343. The van der Waals surface area contributed by atoms with Gasteiger partial charge in [-0.1, -0.05) is 0 Å². The fraction of sp³-hybridized carbons (Fsp3) is 0.500. The molecule has 1 aliphatic heterocycles. The largest absolute Gasteiger partial charge is 0.504 e. The van der Waals surface area contributed by atoms with Gasteiger partial charge in [0.1, 0.15) is 0 Å². The fourth-order valence-electron chi connectivity index (χ4n) is 2.32. The zero-order valence-corrected chi connectivity index (χ0v) is 11.4. The number of hydrogen-bond donors (Lipinski definition) is 2. The number of phenols is 1. The topological polar surface area (TPSA) is 41.5 Å².